The van der Waals surface area contributed by atoms with Crippen molar-refractivity contribution in [3.63, 3.8) is 0 Å². The molecule has 0 fully saturated rings. The summed E-state index contributed by atoms with van der Waals surface area (Å²) in [7, 11) is 0. The lowest BCUT2D eigenvalue weighted by Gasteiger charge is -2.30. The third kappa shape index (κ3) is 4.27. The maximum Gasteiger partial charge on any atom is 0.142 e. The molecule has 0 atom stereocenters. The van der Waals surface area contributed by atoms with Crippen LogP contribution in [0.2, 0.25) is 20.1 Å². The minimum atomic E-state index is -0.511. The minimum Gasteiger partial charge on any atom is -0.205 e. The van der Waals surface area contributed by atoms with Crippen LogP contribution in [0.1, 0.15) is 51.3 Å². The van der Waals surface area contributed by atoms with E-state index in [1.807, 2.05) is 26.0 Å². The predicted molar refractivity (Wildman–Crippen MR) is 108 cm³/mol. The van der Waals surface area contributed by atoms with Gasteiger partial charge >= 0.3 is 0 Å². The third-order valence-corrected chi connectivity index (χ3v) is 5.71. The zero-order valence-corrected chi connectivity index (χ0v) is 17.9. The van der Waals surface area contributed by atoms with Gasteiger partial charge in [-0.1, -0.05) is 87.1 Å². The van der Waals surface area contributed by atoms with Gasteiger partial charge in [-0.05, 0) is 52.1 Å². The van der Waals surface area contributed by atoms with E-state index in [4.69, 9.17) is 46.4 Å². The van der Waals surface area contributed by atoms with Gasteiger partial charge in [-0.2, -0.15) is 0 Å². The summed E-state index contributed by atoms with van der Waals surface area (Å²) in [6.45, 7) is 10.1. The first-order valence-electron chi connectivity index (χ1n) is 7.97. The maximum absolute atomic E-state index is 13.9. The molecule has 0 unspecified atom stereocenters. The fraction of sp³-hybridized carbons (Fsp3) is 0.400. The summed E-state index contributed by atoms with van der Waals surface area (Å²) in [6.07, 6.45) is 0.551. The summed E-state index contributed by atoms with van der Waals surface area (Å²) >= 11 is 25.6. The summed E-state index contributed by atoms with van der Waals surface area (Å²) in [6, 6.07) is 6.57. The summed E-state index contributed by atoms with van der Waals surface area (Å²) in [5, 5.41) is 1.77. The Hall–Kier alpha value is -0.470. The van der Waals surface area contributed by atoms with Gasteiger partial charge in [-0.15, -0.1) is 0 Å². The maximum atomic E-state index is 13.9. The topological polar surface area (TPSA) is 0 Å². The lowest BCUT2D eigenvalue weighted by molar-refractivity contribution is 0.514. The Balaban J connectivity index is 2.55. The summed E-state index contributed by atoms with van der Waals surface area (Å²) in [5.74, 6) is -0.480. The molecule has 0 N–H and O–H groups in total. The number of hydrogen-bond donors (Lipinski definition) is 0. The molecule has 0 nitrogen and oxygen atoms in total. The molecule has 0 saturated carbocycles. The van der Waals surface area contributed by atoms with Gasteiger partial charge in [0.2, 0.25) is 0 Å². The zero-order chi connectivity index (χ0) is 19.2. The molecular formula is C20H21Cl4F. The molecule has 0 aliphatic rings. The van der Waals surface area contributed by atoms with Crippen LogP contribution in [-0.2, 0) is 17.3 Å². The van der Waals surface area contributed by atoms with Crippen molar-refractivity contribution in [3.8, 4) is 0 Å². The fourth-order valence-corrected chi connectivity index (χ4v) is 5.02. The van der Waals surface area contributed by atoms with Gasteiger partial charge in [0.25, 0.3) is 0 Å². The lowest BCUT2D eigenvalue weighted by Crippen LogP contribution is -2.23. The number of halogens is 5. The predicted octanol–water partition coefficient (Wildman–Crippen LogP) is 8.26. The van der Waals surface area contributed by atoms with E-state index in [1.165, 1.54) is 12.1 Å². The Labute approximate surface area is 169 Å². The lowest BCUT2D eigenvalue weighted by atomic mass is 9.77. The van der Waals surface area contributed by atoms with Gasteiger partial charge in [0.15, 0.2) is 0 Å². The van der Waals surface area contributed by atoms with Crippen LogP contribution in [-0.4, -0.2) is 0 Å². The van der Waals surface area contributed by atoms with E-state index in [0.717, 1.165) is 11.1 Å². The zero-order valence-electron chi connectivity index (χ0n) is 14.9. The Morgan fingerprint density at radius 2 is 1.28 bits per heavy atom. The van der Waals surface area contributed by atoms with Gasteiger partial charge in [-0.25, -0.2) is 4.39 Å². The molecule has 0 aromatic heterocycles. The van der Waals surface area contributed by atoms with Crippen molar-refractivity contribution < 1.29 is 4.39 Å². The molecule has 0 bridgehead atoms. The van der Waals surface area contributed by atoms with E-state index in [0.29, 0.717) is 27.1 Å². The number of rotatable bonds is 3. The second-order valence-corrected chi connectivity index (χ2v) is 9.49. The van der Waals surface area contributed by atoms with Crippen molar-refractivity contribution in [3.05, 3.63) is 66.9 Å². The molecule has 25 heavy (non-hydrogen) atoms. The third-order valence-electron chi connectivity index (χ3n) is 4.27. The Kier molecular flexibility index (Phi) is 6.06. The first-order valence-corrected chi connectivity index (χ1v) is 9.49. The molecule has 0 saturated heterocycles. The van der Waals surface area contributed by atoms with Gasteiger partial charge in [0.05, 0.1) is 5.02 Å². The minimum absolute atomic E-state index is 0.0543. The van der Waals surface area contributed by atoms with Crippen molar-refractivity contribution >= 4 is 46.4 Å². The standard InChI is InChI=1S/C20H21Cl4F/c1-19(2,3)15-12(21)7-6-11(17(15)23)10-20(4,5)16-13(22)8-9-14(25)18(16)24/h6-9H,10H2,1-5H3. The van der Waals surface area contributed by atoms with E-state index in [9.17, 15) is 4.39 Å². The monoisotopic (exact) mass is 420 g/mol. The van der Waals surface area contributed by atoms with Crippen LogP contribution in [0.25, 0.3) is 0 Å². The summed E-state index contributed by atoms with van der Waals surface area (Å²) in [4.78, 5) is 0. The van der Waals surface area contributed by atoms with Crippen molar-refractivity contribution in [2.45, 2.75) is 51.9 Å². The van der Waals surface area contributed by atoms with Crippen LogP contribution in [0.4, 0.5) is 4.39 Å². The average molecular weight is 422 g/mol. The molecule has 2 aromatic rings. The first kappa shape index (κ1) is 20.8. The average Bonchev–Trinajstić information content (AvgIpc) is 2.45. The Bertz CT molecular complexity index is 804. The van der Waals surface area contributed by atoms with Crippen molar-refractivity contribution in [1.29, 1.82) is 0 Å². The highest BCUT2D eigenvalue weighted by atomic mass is 35.5. The summed E-state index contributed by atoms with van der Waals surface area (Å²) < 4.78 is 13.9. The van der Waals surface area contributed by atoms with Gasteiger partial charge in [0.1, 0.15) is 5.82 Å². The molecule has 136 valence electrons. The van der Waals surface area contributed by atoms with E-state index >= 15 is 0 Å². The molecule has 0 amide bonds. The van der Waals surface area contributed by atoms with Crippen LogP contribution < -0.4 is 0 Å². The van der Waals surface area contributed by atoms with Crippen molar-refractivity contribution in [2.75, 3.05) is 0 Å². The molecule has 0 spiro atoms. The van der Waals surface area contributed by atoms with Gasteiger partial charge in [0, 0.05) is 15.1 Å². The Morgan fingerprint density at radius 1 is 0.760 bits per heavy atom. The second-order valence-electron chi connectivity index (χ2n) is 7.92. The molecule has 5 heteroatoms. The van der Waals surface area contributed by atoms with E-state index in [2.05, 4.69) is 20.8 Å². The molecular weight excluding hydrogens is 401 g/mol. The first-order chi connectivity index (χ1) is 11.4. The van der Waals surface area contributed by atoms with Gasteiger partial charge < -0.3 is 0 Å². The highest BCUT2D eigenvalue weighted by Gasteiger charge is 2.30. The van der Waals surface area contributed by atoms with Crippen LogP contribution in [0, 0.1) is 5.82 Å². The molecule has 2 rings (SSSR count). The molecule has 0 aliphatic carbocycles. The Morgan fingerprint density at radius 3 is 1.84 bits per heavy atom. The van der Waals surface area contributed by atoms with E-state index in [-0.39, 0.29) is 10.4 Å². The van der Waals surface area contributed by atoms with E-state index in [1.54, 1.807) is 0 Å². The highest BCUT2D eigenvalue weighted by Crippen LogP contribution is 2.43. The van der Waals surface area contributed by atoms with Crippen molar-refractivity contribution in [2.24, 2.45) is 0 Å². The van der Waals surface area contributed by atoms with Gasteiger partial charge in [-0.3, -0.25) is 0 Å². The molecule has 0 heterocycles. The van der Waals surface area contributed by atoms with Crippen LogP contribution in [0.3, 0.4) is 0 Å². The SMILES string of the molecule is CC(C)(C)c1c(Cl)ccc(CC(C)(C)c2c(Cl)ccc(F)c2Cl)c1Cl. The van der Waals surface area contributed by atoms with Crippen LogP contribution >= 0.6 is 46.4 Å². The molecule has 0 radical (unpaired) electrons. The largest absolute Gasteiger partial charge is 0.205 e. The summed E-state index contributed by atoms with van der Waals surface area (Å²) in [5.41, 5.74) is 1.71. The number of benzene rings is 2. The second kappa shape index (κ2) is 7.27. The molecule has 2 aromatic carbocycles. The normalized spacial score (nSPS) is 12.6. The van der Waals surface area contributed by atoms with Crippen LogP contribution in [0.15, 0.2) is 24.3 Å². The van der Waals surface area contributed by atoms with Crippen LogP contribution in [0.5, 0.6) is 0 Å². The smallest absolute Gasteiger partial charge is 0.142 e. The highest BCUT2D eigenvalue weighted by molar-refractivity contribution is 6.37. The fourth-order valence-electron chi connectivity index (χ4n) is 3.13. The van der Waals surface area contributed by atoms with Crippen molar-refractivity contribution in [1.82, 2.24) is 0 Å². The number of hydrogen-bond acceptors (Lipinski definition) is 0. The molecule has 0 aliphatic heterocycles. The van der Waals surface area contributed by atoms with E-state index < -0.39 is 11.2 Å². The quantitative estimate of drug-likeness (QED) is 0.437.